The Morgan fingerprint density at radius 2 is 2.53 bits per heavy atom. The minimum atomic E-state index is 0.203. The highest BCUT2D eigenvalue weighted by atomic mass is 16.5. The van der Waals surface area contributed by atoms with Gasteiger partial charge in [-0.25, -0.2) is 0 Å². The van der Waals surface area contributed by atoms with Crippen LogP contribution in [0.3, 0.4) is 0 Å². The topological polar surface area (TPSA) is 43.4 Å². The number of rotatable bonds is 4. The Balaban J connectivity index is 1.54. The molecule has 1 aromatic heterocycles. The molecule has 0 unspecified atom stereocenters. The highest BCUT2D eigenvalue weighted by Gasteiger charge is 2.47. The Labute approximate surface area is 101 Å². The molecule has 0 aromatic carbocycles. The van der Waals surface area contributed by atoms with Crippen molar-refractivity contribution in [2.24, 2.45) is 11.3 Å². The predicted octanol–water partition coefficient (Wildman–Crippen LogP) is 0.834. The number of fused-ring (bicyclic) bond motifs is 1. The van der Waals surface area contributed by atoms with Crippen LogP contribution in [0.15, 0.2) is 24.4 Å². The highest BCUT2D eigenvalue weighted by molar-refractivity contribution is 5.02. The summed E-state index contributed by atoms with van der Waals surface area (Å²) in [6.45, 7) is 5.14. The lowest BCUT2D eigenvalue weighted by atomic mass is 9.82. The van der Waals surface area contributed by atoms with E-state index < -0.39 is 0 Å². The first kappa shape index (κ1) is 11.1. The smallest absolute Gasteiger partial charge is 0.0888 e. The van der Waals surface area contributed by atoms with Crippen molar-refractivity contribution in [2.45, 2.75) is 6.61 Å². The first-order chi connectivity index (χ1) is 8.39. The Morgan fingerprint density at radius 3 is 3.41 bits per heavy atom. The minimum absolute atomic E-state index is 0.203. The number of aromatic nitrogens is 1. The van der Waals surface area contributed by atoms with Gasteiger partial charge in [0.25, 0.3) is 0 Å². The molecule has 3 rings (SSSR count). The molecular formula is C13H18N2O2. The normalized spacial score (nSPS) is 31.6. The van der Waals surface area contributed by atoms with Crippen LogP contribution in [-0.2, 0) is 16.1 Å². The van der Waals surface area contributed by atoms with Crippen LogP contribution in [0, 0.1) is 11.3 Å². The largest absolute Gasteiger partial charge is 0.380 e. The van der Waals surface area contributed by atoms with Crippen molar-refractivity contribution in [1.29, 1.82) is 0 Å². The average Bonchev–Trinajstić information content (AvgIpc) is 2.89. The zero-order chi connectivity index (χ0) is 11.6. The Hall–Kier alpha value is -0.970. The quantitative estimate of drug-likeness (QED) is 0.838. The Bertz CT molecular complexity index is 359. The van der Waals surface area contributed by atoms with Crippen LogP contribution < -0.4 is 5.32 Å². The van der Waals surface area contributed by atoms with Gasteiger partial charge in [-0.2, -0.15) is 0 Å². The summed E-state index contributed by atoms with van der Waals surface area (Å²) < 4.78 is 11.4. The molecule has 4 nitrogen and oxygen atoms in total. The molecule has 0 aliphatic carbocycles. The second-order valence-electron chi connectivity index (χ2n) is 5.02. The van der Waals surface area contributed by atoms with E-state index >= 15 is 0 Å². The first-order valence-corrected chi connectivity index (χ1v) is 6.15. The summed E-state index contributed by atoms with van der Waals surface area (Å²) >= 11 is 0. The van der Waals surface area contributed by atoms with E-state index in [1.54, 1.807) is 6.20 Å². The summed E-state index contributed by atoms with van der Waals surface area (Å²) in [5, 5.41) is 3.44. The Kier molecular flexibility index (Phi) is 3.09. The molecule has 0 radical (unpaired) electrons. The molecule has 2 fully saturated rings. The van der Waals surface area contributed by atoms with Gasteiger partial charge in [0, 0.05) is 30.6 Å². The van der Waals surface area contributed by atoms with E-state index in [4.69, 9.17) is 9.47 Å². The van der Waals surface area contributed by atoms with Crippen LogP contribution in [0.1, 0.15) is 5.69 Å². The molecule has 92 valence electrons. The minimum Gasteiger partial charge on any atom is -0.380 e. The van der Waals surface area contributed by atoms with Crippen molar-refractivity contribution in [2.75, 3.05) is 32.9 Å². The number of nitrogens with one attached hydrogen (secondary N) is 1. The lowest BCUT2D eigenvalue weighted by Crippen LogP contribution is -2.34. The van der Waals surface area contributed by atoms with E-state index in [1.807, 2.05) is 18.2 Å². The average molecular weight is 234 g/mol. The van der Waals surface area contributed by atoms with Crippen LogP contribution in [0.2, 0.25) is 0 Å². The van der Waals surface area contributed by atoms with Gasteiger partial charge in [-0.05, 0) is 12.1 Å². The SMILES string of the molecule is c1ccc(COC[C@@]23CNC[C@@H]2COC3)nc1. The fourth-order valence-corrected chi connectivity index (χ4v) is 2.72. The summed E-state index contributed by atoms with van der Waals surface area (Å²) in [5.41, 5.74) is 1.19. The molecule has 2 saturated heterocycles. The second kappa shape index (κ2) is 4.72. The molecule has 0 saturated carbocycles. The van der Waals surface area contributed by atoms with Gasteiger partial charge in [0.15, 0.2) is 0 Å². The van der Waals surface area contributed by atoms with Gasteiger partial charge in [0.05, 0.1) is 32.1 Å². The van der Waals surface area contributed by atoms with E-state index in [0.29, 0.717) is 12.5 Å². The number of nitrogens with zero attached hydrogens (tertiary/aromatic N) is 1. The van der Waals surface area contributed by atoms with Gasteiger partial charge in [-0.3, -0.25) is 4.98 Å². The van der Waals surface area contributed by atoms with Gasteiger partial charge >= 0.3 is 0 Å². The van der Waals surface area contributed by atoms with Crippen LogP contribution in [0.5, 0.6) is 0 Å². The summed E-state index contributed by atoms with van der Waals surface area (Å²) in [6.07, 6.45) is 1.80. The zero-order valence-corrected chi connectivity index (χ0v) is 9.89. The van der Waals surface area contributed by atoms with Gasteiger partial charge < -0.3 is 14.8 Å². The molecule has 2 atom stereocenters. The van der Waals surface area contributed by atoms with Gasteiger partial charge in [-0.15, -0.1) is 0 Å². The molecule has 0 bridgehead atoms. The molecule has 1 aromatic rings. The van der Waals surface area contributed by atoms with Gasteiger partial charge in [0.2, 0.25) is 0 Å². The fraction of sp³-hybridized carbons (Fsp3) is 0.615. The summed E-state index contributed by atoms with van der Waals surface area (Å²) in [7, 11) is 0. The van der Waals surface area contributed by atoms with Crippen molar-refractivity contribution < 1.29 is 9.47 Å². The molecular weight excluding hydrogens is 216 g/mol. The maximum atomic E-state index is 5.83. The maximum absolute atomic E-state index is 5.83. The van der Waals surface area contributed by atoms with Crippen LogP contribution in [0.4, 0.5) is 0 Å². The molecule has 1 N–H and O–H groups in total. The number of hydrogen-bond donors (Lipinski definition) is 1. The lowest BCUT2D eigenvalue weighted by Gasteiger charge is -2.25. The van der Waals surface area contributed by atoms with E-state index in [9.17, 15) is 0 Å². The monoisotopic (exact) mass is 234 g/mol. The van der Waals surface area contributed by atoms with Crippen molar-refractivity contribution >= 4 is 0 Å². The maximum Gasteiger partial charge on any atom is 0.0888 e. The summed E-state index contributed by atoms with van der Waals surface area (Å²) in [4.78, 5) is 4.25. The molecule has 17 heavy (non-hydrogen) atoms. The number of ether oxygens (including phenoxy) is 2. The second-order valence-corrected chi connectivity index (χ2v) is 5.02. The standard InChI is InChI=1S/C13H18N2O2/c1-2-4-15-12(3-1)7-17-10-13-8-14-5-11(13)6-16-9-13/h1-4,11,14H,5-10H2/t11-,13+/m1/s1. The van der Waals surface area contributed by atoms with Crippen molar-refractivity contribution in [3.05, 3.63) is 30.1 Å². The fourth-order valence-electron chi connectivity index (χ4n) is 2.72. The molecule has 0 spiro atoms. The van der Waals surface area contributed by atoms with E-state index in [0.717, 1.165) is 38.6 Å². The van der Waals surface area contributed by atoms with Gasteiger partial charge in [-0.1, -0.05) is 6.07 Å². The molecule has 0 amide bonds. The zero-order valence-electron chi connectivity index (χ0n) is 9.89. The van der Waals surface area contributed by atoms with Crippen molar-refractivity contribution in [3.8, 4) is 0 Å². The molecule has 3 heterocycles. The third kappa shape index (κ3) is 2.20. The van der Waals surface area contributed by atoms with Gasteiger partial charge in [0.1, 0.15) is 0 Å². The van der Waals surface area contributed by atoms with Crippen molar-refractivity contribution in [3.63, 3.8) is 0 Å². The summed E-state index contributed by atoms with van der Waals surface area (Å²) in [6, 6.07) is 5.90. The predicted molar refractivity (Wildman–Crippen MR) is 63.5 cm³/mol. The van der Waals surface area contributed by atoms with Crippen LogP contribution >= 0.6 is 0 Å². The highest BCUT2D eigenvalue weighted by Crippen LogP contribution is 2.37. The Morgan fingerprint density at radius 1 is 1.53 bits per heavy atom. The number of pyridine rings is 1. The summed E-state index contributed by atoms with van der Waals surface area (Å²) in [5.74, 6) is 0.617. The molecule has 2 aliphatic heterocycles. The lowest BCUT2D eigenvalue weighted by molar-refractivity contribution is 0.0241. The van der Waals surface area contributed by atoms with E-state index in [-0.39, 0.29) is 5.41 Å². The third-order valence-corrected chi connectivity index (χ3v) is 3.81. The molecule has 2 aliphatic rings. The first-order valence-electron chi connectivity index (χ1n) is 6.15. The van der Waals surface area contributed by atoms with Crippen molar-refractivity contribution in [1.82, 2.24) is 10.3 Å². The van der Waals surface area contributed by atoms with Crippen LogP contribution in [0.25, 0.3) is 0 Å². The van der Waals surface area contributed by atoms with E-state index in [2.05, 4.69) is 10.3 Å². The van der Waals surface area contributed by atoms with Crippen LogP contribution in [-0.4, -0.2) is 37.9 Å². The number of hydrogen-bond acceptors (Lipinski definition) is 4. The molecule has 4 heteroatoms. The third-order valence-electron chi connectivity index (χ3n) is 3.81. The van der Waals surface area contributed by atoms with E-state index in [1.165, 1.54) is 0 Å².